The third-order valence-electron chi connectivity index (χ3n) is 4.12. The first-order valence-electron chi connectivity index (χ1n) is 7.09. The first kappa shape index (κ1) is 14.1. The number of anilines is 1. The molecular formula is C16H18ClN3O. The van der Waals surface area contributed by atoms with E-state index < -0.39 is 0 Å². The molecule has 21 heavy (non-hydrogen) atoms. The van der Waals surface area contributed by atoms with Gasteiger partial charge in [-0.1, -0.05) is 17.7 Å². The number of halogens is 1. The predicted octanol–water partition coefficient (Wildman–Crippen LogP) is 3.28. The van der Waals surface area contributed by atoms with Crippen LogP contribution in [0.3, 0.4) is 0 Å². The van der Waals surface area contributed by atoms with Crippen LogP contribution in [0.1, 0.15) is 33.7 Å². The summed E-state index contributed by atoms with van der Waals surface area (Å²) in [6.45, 7) is 4.62. The van der Waals surface area contributed by atoms with Gasteiger partial charge in [-0.2, -0.15) is 5.10 Å². The van der Waals surface area contributed by atoms with Crippen molar-refractivity contribution in [3.63, 3.8) is 0 Å². The molecule has 0 saturated heterocycles. The standard InChI is InChI=1S/C16H18ClN3O/c1-10-9-14(18-19(10)3)16(21)20-8-4-5-12-6-7-13(17)11(2)15(12)20/h6-7,9H,4-5,8H2,1-3H3. The summed E-state index contributed by atoms with van der Waals surface area (Å²) in [5.74, 6) is -0.0509. The lowest BCUT2D eigenvalue weighted by atomic mass is 9.98. The Morgan fingerprint density at radius 1 is 1.33 bits per heavy atom. The van der Waals surface area contributed by atoms with E-state index >= 15 is 0 Å². The van der Waals surface area contributed by atoms with Gasteiger partial charge in [0, 0.05) is 24.3 Å². The Bertz CT molecular complexity index is 701. The van der Waals surface area contributed by atoms with Gasteiger partial charge in [0.05, 0.1) is 5.69 Å². The van der Waals surface area contributed by atoms with Crippen LogP contribution in [-0.2, 0) is 13.5 Å². The Balaban J connectivity index is 2.05. The average Bonchev–Trinajstić information content (AvgIpc) is 2.81. The van der Waals surface area contributed by atoms with Crippen molar-refractivity contribution in [1.29, 1.82) is 0 Å². The molecule has 0 N–H and O–H groups in total. The molecule has 2 aromatic rings. The second-order valence-corrected chi connectivity index (χ2v) is 5.94. The summed E-state index contributed by atoms with van der Waals surface area (Å²) in [6.07, 6.45) is 1.95. The molecule has 5 heteroatoms. The maximum absolute atomic E-state index is 12.8. The molecule has 0 fully saturated rings. The van der Waals surface area contributed by atoms with E-state index in [4.69, 9.17) is 11.6 Å². The Kier molecular flexibility index (Phi) is 3.49. The van der Waals surface area contributed by atoms with Crippen molar-refractivity contribution >= 4 is 23.2 Å². The Morgan fingerprint density at radius 2 is 2.10 bits per heavy atom. The molecule has 1 aliphatic heterocycles. The number of rotatable bonds is 1. The van der Waals surface area contributed by atoms with E-state index in [9.17, 15) is 4.79 Å². The smallest absolute Gasteiger partial charge is 0.278 e. The first-order valence-corrected chi connectivity index (χ1v) is 7.47. The number of benzene rings is 1. The minimum atomic E-state index is -0.0509. The van der Waals surface area contributed by atoms with Crippen molar-refractivity contribution in [2.75, 3.05) is 11.4 Å². The zero-order chi connectivity index (χ0) is 15.1. The minimum absolute atomic E-state index is 0.0509. The fourth-order valence-electron chi connectivity index (χ4n) is 2.86. The quantitative estimate of drug-likeness (QED) is 0.811. The van der Waals surface area contributed by atoms with Gasteiger partial charge in [0.15, 0.2) is 5.69 Å². The van der Waals surface area contributed by atoms with Gasteiger partial charge < -0.3 is 4.90 Å². The number of fused-ring (bicyclic) bond motifs is 1. The first-order chi connectivity index (χ1) is 9.99. The SMILES string of the molecule is Cc1c(Cl)ccc2c1N(C(=O)c1cc(C)n(C)n1)CCC2. The summed E-state index contributed by atoms with van der Waals surface area (Å²) in [5, 5.41) is 5.00. The van der Waals surface area contributed by atoms with Gasteiger partial charge in [-0.15, -0.1) is 0 Å². The van der Waals surface area contributed by atoms with Crippen LogP contribution in [0.4, 0.5) is 5.69 Å². The van der Waals surface area contributed by atoms with Gasteiger partial charge in [-0.25, -0.2) is 0 Å². The van der Waals surface area contributed by atoms with Crippen molar-refractivity contribution in [3.8, 4) is 0 Å². The summed E-state index contributed by atoms with van der Waals surface area (Å²) < 4.78 is 1.73. The molecule has 4 nitrogen and oxygen atoms in total. The maximum atomic E-state index is 12.8. The molecule has 1 amide bonds. The van der Waals surface area contributed by atoms with Crippen LogP contribution < -0.4 is 4.90 Å². The number of hydrogen-bond acceptors (Lipinski definition) is 2. The lowest BCUT2D eigenvalue weighted by Gasteiger charge is -2.31. The Labute approximate surface area is 129 Å². The van der Waals surface area contributed by atoms with Crippen molar-refractivity contribution in [2.45, 2.75) is 26.7 Å². The van der Waals surface area contributed by atoms with Gasteiger partial charge >= 0.3 is 0 Å². The van der Waals surface area contributed by atoms with Crippen LogP contribution >= 0.6 is 11.6 Å². The lowest BCUT2D eigenvalue weighted by molar-refractivity contribution is 0.0979. The van der Waals surface area contributed by atoms with Gasteiger partial charge in [-0.3, -0.25) is 9.48 Å². The summed E-state index contributed by atoms with van der Waals surface area (Å²) in [4.78, 5) is 14.6. The molecule has 0 atom stereocenters. The normalized spacial score (nSPS) is 14.2. The fourth-order valence-corrected chi connectivity index (χ4v) is 3.01. The van der Waals surface area contributed by atoms with Crippen LogP contribution in [-0.4, -0.2) is 22.2 Å². The molecule has 1 aromatic carbocycles. The summed E-state index contributed by atoms with van der Waals surface area (Å²) >= 11 is 6.23. The molecule has 0 saturated carbocycles. The minimum Gasteiger partial charge on any atom is -0.306 e. The zero-order valence-electron chi connectivity index (χ0n) is 12.5. The lowest BCUT2D eigenvalue weighted by Crippen LogP contribution is -2.36. The number of carbonyl (C=O) groups excluding carboxylic acids is 1. The number of hydrogen-bond donors (Lipinski definition) is 0. The van der Waals surface area contributed by atoms with E-state index in [0.717, 1.165) is 29.8 Å². The molecular weight excluding hydrogens is 286 g/mol. The molecule has 1 aromatic heterocycles. The molecule has 110 valence electrons. The van der Waals surface area contributed by atoms with Gasteiger partial charge in [0.1, 0.15) is 0 Å². The monoisotopic (exact) mass is 303 g/mol. The highest BCUT2D eigenvalue weighted by atomic mass is 35.5. The van der Waals surface area contributed by atoms with Crippen molar-refractivity contribution in [1.82, 2.24) is 9.78 Å². The molecule has 3 rings (SSSR count). The van der Waals surface area contributed by atoms with Crippen LogP contribution in [0, 0.1) is 13.8 Å². The van der Waals surface area contributed by atoms with Crippen LogP contribution in [0.5, 0.6) is 0 Å². The number of carbonyl (C=O) groups is 1. The number of aryl methyl sites for hydroxylation is 3. The molecule has 0 spiro atoms. The summed E-state index contributed by atoms with van der Waals surface area (Å²) in [7, 11) is 1.85. The van der Waals surface area contributed by atoms with Crippen LogP contribution in [0.2, 0.25) is 5.02 Å². The second kappa shape index (κ2) is 5.19. The Hall–Kier alpha value is -1.81. The summed E-state index contributed by atoms with van der Waals surface area (Å²) in [5.41, 5.74) is 4.57. The van der Waals surface area contributed by atoms with E-state index in [1.165, 1.54) is 5.56 Å². The van der Waals surface area contributed by atoms with Gasteiger partial charge in [-0.05, 0) is 49.9 Å². The van der Waals surface area contributed by atoms with E-state index in [2.05, 4.69) is 5.10 Å². The van der Waals surface area contributed by atoms with Crippen molar-refractivity contribution in [3.05, 3.63) is 45.7 Å². The second-order valence-electron chi connectivity index (χ2n) is 5.54. The highest BCUT2D eigenvalue weighted by Crippen LogP contribution is 2.35. The zero-order valence-corrected chi connectivity index (χ0v) is 13.2. The largest absolute Gasteiger partial charge is 0.306 e. The number of aromatic nitrogens is 2. The predicted molar refractivity (Wildman–Crippen MR) is 84.1 cm³/mol. The third-order valence-corrected chi connectivity index (χ3v) is 4.53. The van der Waals surface area contributed by atoms with E-state index in [0.29, 0.717) is 17.3 Å². The molecule has 0 bridgehead atoms. The van der Waals surface area contributed by atoms with E-state index in [1.54, 1.807) is 4.68 Å². The Morgan fingerprint density at radius 3 is 2.76 bits per heavy atom. The molecule has 1 aliphatic rings. The molecule has 0 unspecified atom stereocenters. The summed E-state index contributed by atoms with van der Waals surface area (Å²) in [6, 6.07) is 5.76. The number of amides is 1. The molecule has 0 aliphatic carbocycles. The van der Waals surface area contributed by atoms with E-state index in [-0.39, 0.29) is 5.91 Å². The average molecular weight is 304 g/mol. The van der Waals surface area contributed by atoms with Crippen LogP contribution in [0.15, 0.2) is 18.2 Å². The fraction of sp³-hybridized carbons (Fsp3) is 0.375. The van der Waals surface area contributed by atoms with E-state index in [1.807, 2.05) is 44.0 Å². The van der Waals surface area contributed by atoms with Crippen LogP contribution in [0.25, 0.3) is 0 Å². The van der Waals surface area contributed by atoms with Gasteiger partial charge in [0.25, 0.3) is 5.91 Å². The molecule has 2 heterocycles. The van der Waals surface area contributed by atoms with Gasteiger partial charge in [0.2, 0.25) is 0 Å². The van der Waals surface area contributed by atoms with Crippen molar-refractivity contribution < 1.29 is 4.79 Å². The maximum Gasteiger partial charge on any atom is 0.278 e. The topological polar surface area (TPSA) is 38.1 Å². The number of nitrogens with zero attached hydrogens (tertiary/aromatic N) is 3. The molecule has 0 radical (unpaired) electrons. The highest BCUT2D eigenvalue weighted by molar-refractivity contribution is 6.32. The third kappa shape index (κ3) is 2.33. The van der Waals surface area contributed by atoms with Crippen molar-refractivity contribution in [2.24, 2.45) is 7.05 Å². The highest BCUT2D eigenvalue weighted by Gasteiger charge is 2.27.